The maximum Gasteiger partial charge on any atom is 0.217 e. The van der Waals surface area contributed by atoms with Crippen LogP contribution in [0.15, 0.2) is 83.5 Å². The number of morpholine rings is 1. The van der Waals surface area contributed by atoms with Gasteiger partial charge in [0.1, 0.15) is 17.4 Å². The molecule has 198 valence electrons. The molecule has 8 nitrogen and oxygen atoms in total. The maximum absolute atomic E-state index is 12.6. The number of rotatable bonds is 8. The van der Waals surface area contributed by atoms with Gasteiger partial charge >= 0.3 is 0 Å². The highest BCUT2D eigenvalue weighted by Crippen LogP contribution is 2.35. The molecule has 0 N–H and O–H groups in total. The Morgan fingerprint density at radius 2 is 1.87 bits per heavy atom. The van der Waals surface area contributed by atoms with E-state index in [2.05, 4.69) is 34.1 Å². The Balaban J connectivity index is 1.36. The van der Waals surface area contributed by atoms with E-state index in [-0.39, 0.29) is 0 Å². The quantitative estimate of drug-likeness (QED) is 0.236. The number of hydrogen-bond donors (Lipinski definition) is 0. The second-order valence-electron chi connectivity index (χ2n) is 9.53. The Labute approximate surface area is 231 Å². The molecule has 2 aromatic carbocycles. The van der Waals surface area contributed by atoms with E-state index in [9.17, 15) is 4.79 Å². The number of amides is 1. The topological polar surface area (TPSA) is 76.6 Å². The SMILES string of the molecule is Cn1c(-c2ccc(N3CCOCC3)cc2)cnc1C(Cc1ccccn1)N(C=O)c1cc2cc(Cl)ccc2o1. The molecule has 1 aliphatic rings. The van der Waals surface area contributed by atoms with Gasteiger partial charge in [-0.3, -0.25) is 14.7 Å². The molecule has 0 saturated carbocycles. The van der Waals surface area contributed by atoms with Crippen LogP contribution in [0.3, 0.4) is 0 Å². The van der Waals surface area contributed by atoms with Crippen LogP contribution in [0.2, 0.25) is 5.02 Å². The van der Waals surface area contributed by atoms with Gasteiger partial charge in [-0.1, -0.05) is 29.8 Å². The van der Waals surface area contributed by atoms with E-state index in [0.717, 1.165) is 60.9 Å². The van der Waals surface area contributed by atoms with Gasteiger partial charge < -0.3 is 18.6 Å². The van der Waals surface area contributed by atoms with Crippen molar-refractivity contribution < 1.29 is 13.9 Å². The molecule has 1 unspecified atom stereocenters. The number of fused-ring (bicyclic) bond motifs is 1. The first kappa shape index (κ1) is 25.2. The Kier molecular flexibility index (Phi) is 7.04. The summed E-state index contributed by atoms with van der Waals surface area (Å²) in [7, 11) is 1.97. The molecule has 9 heteroatoms. The predicted octanol–water partition coefficient (Wildman–Crippen LogP) is 5.67. The highest BCUT2D eigenvalue weighted by atomic mass is 35.5. The third kappa shape index (κ3) is 5.13. The Morgan fingerprint density at radius 1 is 1.05 bits per heavy atom. The largest absolute Gasteiger partial charge is 0.440 e. The predicted molar refractivity (Wildman–Crippen MR) is 152 cm³/mol. The van der Waals surface area contributed by atoms with Crippen LogP contribution in [0, 0.1) is 0 Å². The highest BCUT2D eigenvalue weighted by molar-refractivity contribution is 6.31. The number of hydrogen-bond acceptors (Lipinski definition) is 6. The van der Waals surface area contributed by atoms with Crippen LogP contribution < -0.4 is 9.80 Å². The molecule has 4 heterocycles. The van der Waals surface area contributed by atoms with Crippen molar-refractivity contribution in [2.45, 2.75) is 12.5 Å². The smallest absolute Gasteiger partial charge is 0.217 e. The number of carbonyl (C=O) groups is 1. The van der Waals surface area contributed by atoms with Crippen LogP contribution in [0.1, 0.15) is 17.6 Å². The molecule has 0 spiro atoms. The molecular weight excluding hydrogens is 514 g/mol. The first-order valence-corrected chi connectivity index (χ1v) is 13.3. The number of nitrogens with zero attached hydrogens (tertiary/aromatic N) is 5. The van der Waals surface area contributed by atoms with Crippen LogP contribution in [-0.2, 0) is 23.0 Å². The number of aromatic nitrogens is 3. The standard InChI is InChI=1S/C30H28ClN5O3/c1-34-27(21-5-8-25(9-6-21)35-12-14-38-15-13-35)19-33-30(34)26(18-24-4-2-3-11-32-24)36(20-37)29-17-22-16-23(31)7-10-28(22)39-29/h2-11,16-17,19-20,26H,12-15,18H2,1H3. The van der Waals surface area contributed by atoms with Crippen molar-refractivity contribution in [3.63, 3.8) is 0 Å². The zero-order valence-corrected chi connectivity index (χ0v) is 22.3. The summed E-state index contributed by atoms with van der Waals surface area (Å²) < 4.78 is 13.6. The van der Waals surface area contributed by atoms with E-state index in [1.807, 2.05) is 48.1 Å². The fourth-order valence-corrected chi connectivity index (χ4v) is 5.28. The van der Waals surface area contributed by atoms with Crippen LogP contribution in [0.5, 0.6) is 0 Å². The Hall–Kier alpha value is -4.14. The van der Waals surface area contributed by atoms with Crippen LogP contribution in [-0.4, -0.2) is 47.2 Å². The number of pyridine rings is 1. The molecule has 3 aromatic heterocycles. The minimum Gasteiger partial charge on any atom is -0.440 e. The van der Waals surface area contributed by atoms with Crippen molar-refractivity contribution in [1.29, 1.82) is 0 Å². The van der Waals surface area contributed by atoms with Crippen LogP contribution >= 0.6 is 11.6 Å². The van der Waals surface area contributed by atoms with Crippen LogP contribution in [0.4, 0.5) is 11.6 Å². The lowest BCUT2D eigenvalue weighted by atomic mass is 10.1. The van der Waals surface area contributed by atoms with E-state index in [4.69, 9.17) is 25.7 Å². The number of benzene rings is 2. The van der Waals surface area contributed by atoms with Gasteiger partial charge in [-0.25, -0.2) is 4.98 Å². The maximum atomic E-state index is 12.6. The van der Waals surface area contributed by atoms with Gasteiger partial charge in [0, 0.05) is 60.6 Å². The zero-order chi connectivity index (χ0) is 26.8. The van der Waals surface area contributed by atoms with E-state index in [1.165, 1.54) is 5.69 Å². The molecule has 1 fully saturated rings. The van der Waals surface area contributed by atoms with Gasteiger partial charge in [0.2, 0.25) is 12.3 Å². The summed E-state index contributed by atoms with van der Waals surface area (Å²) >= 11 is 6.19. The van der Waals surface area contributed by atoms with E-state index < -0.39 is 6.04 Å². The van der Waals surface area contributed by atoms with Gasteiger partial charge in [-0.15, -0.1) is 0 Å². The number of anilines is 2. The Morgan fingerprint density at radius 3 is 2.62 bits per heavy atom. The summed E-state index contributed by atoms with van der Waals surface area (Å²) in [5, 5.41) is 1.42. The molecule has 0 radical (unpaired) electrons. The van der Waals surface area contributed by atoms with Crippen molar-refractivity contribution >= 4 is 40.6 Å². The number of ether oxygens (including phenoxy) is 1. The highest BCUT2D eigenvalue weighted by Gasteiger charge is 2.29. The van der Waals surface area contributed by atoms with Gasteiger partial charge in [0.25, 0.3) is 0 Å². The van der Waals surface area contributed by atoms with Crippen molar-refractivity contribution in [3.8, 4) is 11.3 Å². The van der Waals surface area contributed by atoms with Gasteiger partial charge in [0.05, 0.1) is 25.1 Å². The number of imidazole rings is 1. The molecule has 1 aliphatic heterocycles. The fourth-order valence-electron chi connectivity index (χ4n) is 5.10. The van der Waals surface area contributed by atoms with Crippen LogP contribution in [0.25, 0.3) is 22.2 Å². The van der Waals surface area contributed by atoms with Gasteiger partial charge in [0.15, 0.2) is 0 Å². The summed E-state index contributed by atoms with van der Waals surface area (Å²) in [6.45, 7) is 3.27. The first-order chi connectivity index (χ1) is 19.1. The summed E-state index contributed by atoms with van der Waals surface area (Å²) in [5.41, 5.74) is 4.66. The summed E-state index contributed by atoms with van der Waals surface area (Å²) in [6.07, 6.45) is 4.85. The van der Waals surface area contributed by atoms with Gasteiger partial charge in [-0.2, -0.15) is 0 Å². The molecule has 1 saturated heterocycles. The normalized spacial score (nSPS) is 14.5. The Bertz CT molecular complexity index is 1580. The van der Waals surface area contributed by atoms with Gasteiger partial charge in [-0.05, 0) is 48.0 Å². The molecule has 1 atom stereocenters. The summed E-state index contributed by atoms with van der Waals surface area (Å²) in [5.74, 6) is 1.14. The summed E-state index contributed by atoms with van der Waals surface area (Å²) in [4.78, 5) is 25.8. The summed E-state index contributed by atoms with van der Waals surface area (Å²) in [6, 6.07) is 21.0. The second kappa shape index (κ2) is 10.9. The van der Waals surface area contributed by atoms with Crippen molar-refractivity contribution in [1.82, 2.24) is 14.5 Å². The van der Waals surface area contributed by atoms with E-state index >= 15 is 0 Å². The first-order valence-electron chi connectivity index (χ1n) is 12.9. The lowest BCUT2D eigenvalue weighted by Crippen LogP contribution is -2.36. The monoisotopic (exact) mass is 541 g/mol. The second-order valence-corrected chi connectivity index (χ2v) is 9.96. The minimum atomic E-state index is -0.459. The van der Waals surface area contributed by atoms with Crippen molar-refractivity contribution in [3.05, 3.63) is 95.7 Å². The lowest BCUT2D eigenvalue weighted by molar-refractivity contribution is -0.108. The lowest BCUT2D eigenvalue weighted by Gasteiger charge is -2.29. The zero-order valence-electron chi connectivity index (χ0n) is 21.5. The number of furan rings is 1. The average Bonchev–Trinajstić information content (AvgIpc) is 3.57. The third-order valence-corrected chi connectivity index (χ3v) is 7.39. The van der Waals surface area contributed by atoms with E-state index in [0.29, 0.717) is 22.9 Å². The molecule has 0 aliphatic carbocycles. The molecule has 1 amide bonds. The molecule has 5 aromatic rings. The molecule has 0 bridgehead atoms. The average molecular weight is 542 g/mol. The molecule has 6 rings (SSSR count). The third-order valence-electron chi connectivity index (χ3n) is 7.16. The molecule has 39 heavy (non-hydrogen) atoms. The number of halogens is 1. The number of carbonyl (C=O) groups excluding carboxylic acids is 1. The molecular formula is C30H28ClN5O3. The van der Waals surface area contributed by atoms with Crippen molar-refractivity contribution in [2.75, 3.05) is 36.1 Å². The fraction of sp³-hybridized carbons (Fsp3) is 0.233. The van der Waals surface area contributed by atoms with Crippen molar-refractivity contribution in [2.24, 2.45) is 7.05 Å². The minimum absolute atomic E-state index is 0.419. The van der Waals surface area contributed by atoms with E-state index in [1.54, 1.807) is 23.2 Å².